The molecule has 3 N–H and O–H groups in total. The molecular formula is C12H19F3N4O. The second kappa shape index (κ2) is 7.28. The van der Waals surface area contributed by atoms with Gasteiger partial charge in [-0.1, -0.05) is 13.8 Å². The summed E-state index contributed by atoms with van der Waals surface area (Å²) in [6, 6.07) is 1.27. The topological polar surface area (TPSA) is 73.1 Å². The third-order valence-electron chi connectivity index (χ3n) is 2.22. The molecule has 0 saturated carbocycles. The summed E-state index contributed by atoms with van der Waals surface area (Å²) in [5.41, 5.74) is 5.33. The molecule has 0 atom stereocenters. The summed E-state index contributed by atoms with van der Waals surface area (Å²) in [5, 5.41) is 2.77. The van der Waals surface area contributed by atoms with Crippen LogP contribution in [0.5, 0.6) is 0 Å². The fourth-order valence-electron chi connectivity index (χ4n) is 1.39. The minimum absolute atomic E-state index is 0.0636. The second-order valence-corrected chi connectivity index (χ2v) is 4.75. The van der Waals surface area contributed by atoms with Crippen molar-refractivity contribution in [3.05, 3.63) is 11.9 Å². The summed E-state index contributed by atoms with van der Waals surface area (Å²) < 4.78 is 42.8. The van der Waals surface area contributed by atoms with Gasteiger partial charge in [0, 0.05) is 25.8 Å². The lowest BCUT2D eigenvalue weighted by atomic mass is 10.2. The predicted octanol–water partition coefficient (Wildman–Crippen LogP) is 2.55. The third kappa shape index (κ3) is 6.05. The normalized spacial score (nSPS) is 11.9. The van der Waals surface area contributed by atoms with Gasteiger partial charge in [0.2, 0.25) is 5.82 Å². The third-order valence-corrected chi connectivity index (χ3v) is 2.22. The van der Waals surface area contributed by atoms with Crippen molar-refractivity contribution < 1.29 is 17.9 Å². The molecule has 0 aliphatic heterocycles. The van der Waals surface area contributed by atoms with Gasteiger partial charge >= 0.3 is 6.18 Å². The van der Waals surface area contributed by atoms with Gasteiger partial charge in [0.05, 0.1) is 0 Å². The summed E-state index contributed by atoms with van der Waals surface area (Å²) >= 11 is 0. The standard InChI is InChI=1S/C12H19F3N4O/c1-8(2)7-20-5-3-4-17-10-6-9(16)18-11(19-10)12(13,14)15/h6,8H,3-5,7H2,1-2H3,(H3,16,17,18,19). The number of ether oxygens (including phenoxy) is 1. The zero-order chi connectivity index (χ0) is 15.2. The van der Waals surface area contributed by atoms with Crippen LogP contribution in [-0.2, 0) is 10.9 Å². The number of anilines is 2. The van der Waals surface area contributed by atoms with Crippen LogP contribution in [-0.4, -0.2) is 29.7 Å². The smallest absolute Gasteiger partial charge is 0.384 e. The highest BCUT2D eigenvalue weighted by molar-refractivity contribution is 5.44. The Morgan fingerprint density at radius 1 is 1.35 bits per heavy atom. The average Bonchev–Trinajstić information content (AvgIpc) is 2.31. The van der Waals surface area contributed by atoms with Crippen molar-refractivity contribution in [3.8, 4) is 0 Å². The second-order valence-electron chi connectivity index (χ2n) is 4.75. The van der Waals surface area contributed by atoms with Gasteiger partial charge in [-0.15, -0.1) is 0 Å². The minimum atomic E-state index is -4.60. The zero-order valence-corrected chi connectivity index (χ0v) is 11.5. The fraction of sp³-hybridized carbons (Fsp3) is 0.667. The molecule has 0 saturated heterocycles. The number of hydrogen-bond donors (Lipinski definition) is 2. The molecule has 0 bridgehead atoms. The molecule has 114 valence electrons. The van der Waals surface area contributed by atoms with Gasteiger partial charge in [0.15, 0.2) is 0 Å². The molecule has 1 rings (SSSR count). The highest BCUT2D eigenvalue weighted by Gasteiger charge is 2.35. The molecule has 0 amide bonds. The lowest BCUT2D eigenvalue weighted by Crippen LogP contribution is -2.15. The quantitative estimate of drug-likeness (QED) is 0.756. The number of aromatic nitrogens is 2. The molecule has 5 nitrogen and oxygen atoms in total. The van der Waals surface area contributed by atoms with Gasteiger partial charge in [-0.25, -0.2) is 9.97 Å². The van der Waals surface area contributed by atoms with Gasteiger partial charge in [-0.3, -0.25) is 0 Å². The van der Waals surface area contributed by atoms with Crippen LogP contribution in [0.2, 0.25) is 0 Å². The molecule has 0 aliphatic carbocycles. The summed E-state index contributed by atoms with van der Waals surface area (Å²) in [6.45, 7) is 5.74. The van der Waals surface area contributed by atoms with Crippen molar-refractivity contribution in [2.75, 3.05) is 30.8 Å². The Kier molecular flexibility index (Phi) is 6.00. The van der Waals surface area contributed by atoms with E-state index in [0.717, 1.165) is 0 Å². The molecular weight excluding hydrogens is 273 g/mol. The first-order valence-electron chi connectivity index (χ1n) is 6.32. The molecule has 8 heteroatoms. The first kappa shape index (κ1) is 16.5. The van der Waals surface area contributed by atoms with Gasteiger partial charge < -0.3 is 15.8 Å². The Labute approximate surface area is 115 Å². The Balaban J connectivity index is 2.42. The molecule has 1 aromatic rings. The Bertz CT molecular complexity index is 424. The number of nitrogen functional groups attached to an aromatic ring is 1. The van der Waals surface area contributed by atoms with Crippen molar-refractivity contribution in [2.45, 2.75) is 26.4 Å². The fourth-order valence-corrected chi connectivity index (χ4v) is 1.39. The lowest BCUT2D eigenvalue weighted by molar-refractivity contribution is -0.144. The SMILES string of the molecule is CC(C)COCCCNc1cc(N)nc(C(F)(F)F)n1. The maximum absolute atomic E-state index is 12.5. The van der Waals surface area contributed by atoms with Crippen molar-refractivity contribution in [2.24, 2.45) is 5.92 Å². The Morgan fingerprint density at radius 2 is 2.05 bits per heavy atom. The largest absolute Gasteiger partial charge is 0.451 e. The minimum Gasteiger partial charge on any atom is -0.384 e. The van der Waals surface area contributed by atoms with E-state index >= 15 is 0 Å². The molecule has 0 radical (unpaired) electrons. The van der Waals surface area contributed by atoms with E-state index in [0.29, 0.717) is 32.1 Å². The van der Waals surface area contributed by atoms with Crippen LogP contribution in [0.15, 0.2) is 6.07 Å². The summed E-state index contributed by atoms with van der Waals surface area (Å²) in [6.07, 6.45) is -3.94. The predicted molar refractivity (Wildman–Crippen MR) is 70.2 cm³/mol. The van der Waals surface area contributed by atoms with Crippen LogP contribution >= 0.6 is 0 Å². The van der Waals surface area contributed by atoms with E-state index in [-0.39, 0.29) is 11.6 Å². The molecule has 1 heterocycles. The van der Waals surface area contributed by atoms with Gasteiger partial charge in [-0.05, 0) is 12.3 Å². The Hall–Kier alpha value is -1.57. The average molecular weight is 292 g/mol. The van der Waals surface area contributed by atoms with Crippen LogP contribution < -0.4 is 11.1 Å². The van der Waals surface area contributed by atoms with E-state index in [4.69, 9.17) is 10.5 Å². The molecule has 0 aromatic carbocycles. The molecule has 0 unspecified atom stereocenters. The van der Waals surface area contributed by atoms with Gasteiger partial charge in [-0.2, -0.15) is 13.2 Å². The summed E-state index contributed by atoms with van der Waals surface area (Å²) in [5.74, 6) is -0.936. The summed E-state index contributed by atoms with van der Waals surface area (Å²) in [7, 11) is 0. The number of nitrogens with one attached hydrogen (secondary N) is 1. The number of halogens is 3. The lowest BCUT2D eigenvalue weighted by Gasteiger charge is -2.10. The molecule has 0 aliphatic rings. The first-order chi connectivity index (χ1) is 9.29. The number of hydrogen-bond acceptors (Lipinski definition) is 5. The van der Waals surface area contributed by atoms with E-state index in [1.165, 1.54) is 6.07 Å². The Morgan fingerprint density at radius 3 is 2.65 bits per heavy atom. The highest BCUT2D eigenvalue weighted by Crippen LogP contribution is 2.27. The van der Waals surface area contributed by atoms with Crippen LogP contribution in [0.4, 0.5) is 24.8 Å². The van der Waals surface area contributed by atoms with E-state index < -0.39 is 12.0 Å². The van der Waals surface area contributed by atoms with Crippen LogP contribution in [0, 0.1) is 5.92 Å². The number of rotatable bonds is 7. The van der Waals surface area contributed by atoms with E-state index in [9.17, 15) is 13.2 Å². The van der Waals surface area contributed by atoms with Crippen LogP contribution in [0.1, 0.15) is 26.1 Å². The van der Waals surface area contributed by atoms with E-state index in [2.05, 4.69) is 15.3 Å². The van der Waals surface area contributed by atoms with Gasteiger partial charge in [0.1, 0.15) is 11.6 Å². The highest BCUT2D eigenvalue weighted by atomic mass is 19.4. The number of nitrogens with zero attached hydrogens (tertiary/aromatic N) is 2. The molecule has 0 fully saturated rings. The van der Waals surface area contributed by atoms with Crippen molar-refractivity contribution in [3.63, 3.8) is 0 Å². The number of alkyl halides is 3. The monoisotopic (exact) mass is 292 g/mol. The molecule has 20 heavy (non-hydrogen) atoms. The zero-order valence-electron chi connectivity index (χ0n) is 11.5. The van der Waals surface area contributed by atoms with Crippen LogP contribution in [0.3, 0.4) is 0 Å². The van der Waals surface area contributed by atoms with Crippen LogP contribution in [0.25, 0.3) is 0 Å². The first-order valence-corrected chi connectivity index (χ1v) is 6.32. The maximum atomic E-state index is 12.5. The summed E-state index contributed by atoms with van der Waals surface area (Å²) in [4.78, 5) is 6.54. The van der Waals surface area contributed by atoms with Crippen molar-refractivity contribution in [1.82, 2.24) is 9.97 Å². The van der Waals surface area contributed by atoms with Crippen molar-refractivity contribution in [1.29, 1.82) is 0 Å². The number of nitrogens with two attached hydrogens (primary N) is 1. The van der Waals surface area contributed by atoms with E-state index in [1.54, 1.807) is 0 Å². The van der Waals surface area contributed by atoms with Gasteiger partial charge in [0.25, 0.3) is 0 Å². The van der Waals surface area contributed by atoms with E-state index in [1.807, 2.05) is 13.8 Å². The molecule has 1 aromatic heterocycles. The molecule has 0 spiro atoms. The van der Waals surface area contributed by atoms with Crippen molar-refractivity contribution >= 4 is 11.6 Å². The maximum Gasteiger partial charge on any atom is 0.451 e.